The molecule has 1 aromatic rings. The number of aromatic nitrogens is 1. The van der Waals surface area contributed by atoms with Crippen molar-refractivity contribution in [3.63, 3.8) is 0 Å². The Balaban J connectivity index is 0.00000312. The van der Waals surface area contributed by atoms with E-state index in [-0.39, 0.29) is 46.1 Å². The van der Waals surface area contributed by atoms with Crippen LogP contribution in [-0.2, 0) is 24.1 Å². The Kier molecular flexibility index (Phi) is 7.76. The number of aliphatic carboxylic acids is 1. The van der Waals surface area contributed by atoms with Crippen LogP contribution < -0.4 is 40.6 Å². The van der Waals surface area contributed by atoms with E-state index in [0.717, 1.165) is 16.4 Å². The van der Waals surface area contributed by atoms with Crippen LogP contribution in [0.15, 0.2) is 10.5 Å². The summed E-state index contributed by atoms with van der Waals surface area (Å²) in [6, 6.07) is -1.41. The summed E-state index contributed by atoms with van der Waals surface area (Å²) in [6.45, 7) is 0.952. The summed E-state index contributed by atoms with van der Waals surface area (Å²) in [5.74, 6) is -2.45. The van der Waals surface area contributed by atoms with Gasteiger partial charge >= 0.3 is 35.5 Å². The largest absolute Gasteiger partial charge is 1.00 e. The maximum absolute atomic E-state index is 12.3. The third kappa shape index (κ3) is 4.89. The first-order valence-corrected chi connectivity index (χ1v) is 7.54. The van der Waals surface area contributed by atoms with Crippen LogP contribution in [-0.4, -0.2) is 64.4 Å². The number of hydroxylamine groups is 2. The van der Waals surface area contributed by atoms with E-state index in [9.17, 15) is 14.4 Å². The number of anilines is 1. The van der Waals surface area contributed by atoms with Crippen molar-refractivity contribution in [3.05, 3.63) is 11.1 Å². The average molecular weight is 380 g/mol. The predicted molar refractivity (Wildman–Crippen MR) is 81.9 cm³/mol. The number of hydrogen-bond acceptors (Lipinski definition) is 9. The smallest absolute Gasteiger partial charge is 0.479 e. The number of carboxylic acids is 1. The van der Waals surface area contributed by atoms with Gasteiger partial charge in [-0.3, -0.25) is 14.4 Å². The van der Waals surface area contributed by atoms with Gasteiger partial charge in [-0.1, -0.05) is 5.16 Å². The van der Waals surface area contributed by atoms with Crippen molar-refractivity contribution in [1.82, 2.24) is 15.4 Å². The number of nitrogens with one attached hydrogen (secondary N) is 1. The molecular formula is C12H15N5NaO6S+. The third-order valence-electron chi connectivity index (χ3n) is 3.11. The Labute approximate surface area is 168 Å². The number of hydrogen-bond donors (Lipinski definition) is 3. The number of carboxylic acid groups (broad SMARTS) is 1. The number of nitrogens with zero attached hydrogens (tertiary/aromatic N) is 3. The molecule has 0 radical (unpaired) electrons. The van der Waals surface area contributed by atoms with Crippen molar-refractivity contribution in [2.75, 3.05) is 19.5 Å². The monoisotopic (exact) mass is 380 g/mol. The molecule has 0 aliphatic carbocycles. The molecule has 0 unspecified atom stereocenters. The zero-order chi connectivity index (χ0) is 17.9. The molecule has 2 heterocycles. The first-order chi connectivity index (χ1) is 11.3. The fourth-order valence-corrected chi connectivity index (χ4v) is 2.54. The zero-order valence-electron chi connectivity index (χ0n) is 13.8. The van der Waals surface area contributed by atoms with Crippen LogP contribution in [0.1, 0.15) is 12.6 Å². The van der Waals surface area contributed by atoms with Gasteiger partial charge in [0.1, 0.15) is 18.8 Å². The molecule has 1 aliphatic rings. The Morgan fingerprint density at radius 2 is 2.24 bits per heavy atom. The van der Waals surface area contributed by atoms with Crippen molar-refractivity contribution < 1.29 is 58.7 Å². The van der Waals surface area contributed by atoms with Crippen LogP contribution in [0.2, 0.25) is 0 Å². The standard InChI is InChI=1S/C12H15N5O6S.Na/c1-5-8(11(21)17(5)23-3-7(18)19)15-10(20)9(16-22-2)6-4-24-12(13)14-6;/h4-5,8H,3H2,1-2H3,(H2,13,14)(H,15,20)(H,18,19);/q;+1/b16-9+;/t5-,8-;/m0./s1. The molecule has 25 heavy (non-hydrogen) atoms. The minimum absolute atomic E-state index is 0. The van der Waals surface area contributed by atoms with Gasteiger partial charge in [-0.2, -0.15) is 0 Å². The predicted octanol–water partition coefficient (Wildman–Crippen LogP) is -4.19. The summed E-state index contributed by atoms with van der Waals surface area (Å²) in [6.07, 6.45) is 0. The molecule has 0 spiro atoms. The van der Waals surface area contributed by atoms with Gasteiger partial charge in [-0.05, 0) is 6.92 Å². The first-order valence-electron chi connectivity index (χ1n) is 6.66. The van der Waals surface area contributed by atoms with Crippen LogP contribution >= 0.6 is 11.3 Å². The van der Waals surface area contributed by atoms with Gasteiger partial charge in [0.05, 0.1) is 6.04 Å². The SMILES string of the molecule is CO/N=C(/C(=O)N[C@@H]1C(=O)N(OCC(=O)O)[C@H]1C)c1csc(N)n1.[Na+]. The van der Waals surface area contributed by atoms with E-state index >= 15 is 0 Å². The Morgan fingerprint density at radius 3 is 2.72 bits per heavy atom. The van der Waals surface area contributed by atoms with Crippen LogP contribution in [0.4, 0.5) is 5.13 Å². The minimum atomic E-state index is -1.21. The van der Waals surface area contributed by atoms with Crippen LogP contribution in [0, 0.1) is 0 Å². The number of amides is 2. The molecule has 0 bridgehead atoms. The zero-order valence-corrected chi connectivity index (χ0v) is 16.6. The van der Waals surface area contributed by atoms with Crippen molar-refractivity contribution in [2.24, 2.45) is 5.16 Å². The summed E-state index contributed by atoms with van der Waals surface area (Å²) < 4.78 is 0. The number of nitrogens with two attached hydrogens (primary N) is 1. The van der Waals surface area contributed by atoms with Gasteiger partial charge < -0.3 is 21.0 Å². The fourth-order valence-electron chi connectivity index (χ4n) is 1.99. The molecule has 2 rings (SSSR count). The van der Waals surface area contributed by atoms with E-state index in [1.165, 1.54) is 12.5 Å². The van der Waals surface area contributed by atoms with Crippen molar-refractivity contribution in [3.8, 4) is 0 Å². The van der Waals surface area contributed by atoms with Gasteiger partial charge in [0, 0.05) is 5.38 Å². The maximum atomic E-state index is 12.3. The van der Waals surface area contributed by atoms with Gasteiger partial charge in [-0.25, -0.2) is 14.8 Å². The third-order valence-corrected chi connectivity index (χ3v) is 3.79. The molecule has 0 aromatic carbocycles. The summed E-state index contributed by atoms with van der Waals surface area (Å²) in [7, 11) is 1.27. The van der Waals surface area contributed by atoms with Gasteiger partial charge in [0.25, 0.3) is 11.8 Å². The summed E-state index contributed by atoms with van der Waals surface area (Å²) in [5.41, 5.74) is 5.61. The second kappa shape index (κ2) is 9.10. The van der Waals surface area contributed by atoms with Gasteiger partial charge in [0.2, 0.25) is 0 Å². The molecule has 4 N–H and O–H groups in total. The number of carbonyl (C=O) groups excluding carboxylic acids is 2. The molecule has 2 amide bonds. The topological polar surface area (TPSA) is 156 Å². The number of oxime groups is 1. The van der Waals surface area contributed by atoms with Gasteiger partial charge in [0.15, 0.2) is 17.5 Å². The van der Waals surface area contributed by atoms with Crippen molar-refractivity contribution in [2.45, 2.75) is 19.0 Å². The van der Waals surface area contributed by atoms with Crippen LogP contribution in [0.25, 0.3) is 0 Å². The van der Waals surface area contributed by atoms with Crippen molar-refractivity contribution >= 4 is 40.0 Å². The number of carbonyl (C=O) groups is 3. The van der Waals surface area contributed by atoms with Crippen molar-refractivity contribution in [1.29, 1.82) is 0 Å². The van der Waals surface area contributed by atoms with E-state index in [0.29, 0.717) is 0 Å². The molecule has 0 saturated carbocycles. The summed E-state index contributed by atoms with van der Waals surface area (Å²) in [5, 5.41) is 17.3. The average Bonchev–Trinajstić information content (AvgIpc) is 2.96. The molecule has 1 fully saturated rings. The number of nitrogen functional groups attached to an aromatic ring is 1. The van der Waals surface area contributed by atoms with E-state index in [1.54, 1.807) is 6.92 Å². The van der Waals surface area contributed by atoms with Crippen LogP contribution in [0.5, 0.6) is 0 Å². The molecule has 11 nitrogen and oxygen atoms in total. The Morgan fingerprint density at radius 1 is 1.56 bits per heavy atom. The summed E-state index contributed by atoms with van der Waals surface area (Å²) >= 11 is 1.12. The van der Waals surface area contributed by atoms with E-state index < -0.39 is 36.5 Å². The normalized spacial score (nSPS) is 19.7. The molecule has 1 saturated heterocycles. The fraction of sp³-hybridized carbons (Fsp3) is 0.417. The van der Waals surface area contributed by atoms with E-state index in [2.05, 4.69) is 20.3 Å². The molecule has 130 valence electrons. The Hall–Kier alpha value is -1.73. The second-order valence-corrected chi connectivity index (χ2v) is 5.61. The van der Waals surface area contributed by atoms with Gasteiger partial charge in [-0.15, -0.1) is 11.3 Å². The number of thiazole rings is 1. The maximum Gasteiger partial charge on any atom is 1.00 e. The molecule has 1 aromatic heterocycles. The molecule has 2 atom stereocenters. The minimum Gasteiger partial charge on any atom is -0.479 e. The number of rotatable bonds is 7. The van der Waals surface area contributed by atoms with E-state index in [1.807, 2.05) is 0 Å². The molecule has 1 aliphatic heterocycles. The first kappa shape index (κ1) is 21.3. The quantitative estimate of drug-likeness (QED) is 0.186. The number of β-lactam (4-membered cyclic amide) rings is 1. The van der Waals surface area contributed by atoms with Crippen LogP contribution in [0.3, 0.4) is 0 Å². The van der Waals surface area contributed by atoms with E-state index in [4.69, 9.17) is 15.7 Å². The summed E-state index contributed by atoms with van der Waals surface area (Å²) in [4.78, 5) is 48.1. The second-order valence-electron chi connectivity index (χ2n) is 4.72. The molecular weight excluding hydrogens is 365 g/mol. The Bertz CT molecular complexity index is 695. The molecule has 13 heteroatoms.